The van der Waals surface area contributed by atoms with Crippen LogP contribution in [-0.2, 0) is 0 Å². The van der Waals surface area contributed by atoms with E-state index in [0.717, 1.165) is 0 Å². The van der Waals surface area contributed by atoms with Gasteiger partial charge in [0.2, 0.25) is 0 Å². The fourth-order valence-electron chi connectivity index (χ4n) is 2.27. The summed E-state index contributed by atoms with van der Waals surface area (Å²) >= 11 is 0. The average molecular weight is 292 g/mol. The maximum Gasteiger partial charge on any atom is 0.254 e. The van der Waals surface area contributed by atoms with Crippen molar-refractivity contribution in [2.75, 3.05) is 32.8 Å². The Morgan fingerprint density at radius 2 is 1.95 bits per heavy atom. The van der Waals surface area contributed by atoms with Gasteiger partial charge in [-0.1, -0.05) is 13.8 Å². The number of hydrogen-bond acceptors (Lipinski definition) is 4. The smallest absolute Gasteiger partial charge is 0.254 e. The van der Waals surface area contributed by atoms with E-state index >= 15 is 0 Å². The molecule has 0 saturated carbocycles. The molecule has 1 amide bonds. The van der Waals surface area contributed by atoms with Crippen LogP contribution in [0.1, 0.15) is 31.1 Å². The number of carbonyl (C=O) groups excluding carboxylic acids is 1. The van der Waals surface area contributed by atoms with Crippen LogP contribution in [0.2, 0.25) is 0 Å². The number of ether oxygens (including phenoxy) is 2. The molecule has 116 valence electrons. The molecule has 0 fully saturated rings. The third-order valence-corrected chi connectivity index (χ3v) is 3.63. The van der Waals surface area contributed by atoms with Crippen LogP contribution in [0.15, 0.2) is 18.2 Å². The van der Waals surface area contributed by atoms with Crippen LogP contribution in [0.4, 0.5) is 0 Å². The third kappa shape index (κ3) is 3.67. The van der Waals surface area contributed by atoms with Gasteiger partial charge in [-0.3, -0.25) is 4.79 Å². The number of benzene rings is 1. The van der Waals surface area contributed by atoms with E-state index in [1.807, 2.05) is 11.8 Å². The van der Waals surface area contributed by atoms with Gasteiger partial charge in [-0.2, -0.15) is 0 Å². The van der Waals surface area contributed by atoms with Gasteiger partial charge in [0.1, 0.15) is 13.2 Å². The van der Waals surface area contributed by atoms with Gasteiger partial charge in [-0.15, -0.1) is 0 Å². The SMILES string of the molecule is CCN(CC(C)(C)CN)C(=O)c1ccc2c(c1)OCCO2. The van der Waals surface area contributed by atoms with Crippen LogP contribution in [0, 0.1) is 5.41 Å². The van der Waals surface area contributed by atoms with Crippen molar-refractivity contribution in [3.8, 4) is 11.5 Å². The minimum Gasteiger partial charge on any atom is -0.486 e. The fraction of sp³-hybridized carbons (Fsp3) is 0.562. The number of nitrogens with two attached hydrogens (primary N) is 1. The molecule has 0 bridgehead atoms. The lowest BCUT2D eigenvalue weighted by atomic mass is 9.93. The summed E-state index contributed by atoms with van der Waals surface area (Å²) in [7, 11) is 0. The summed E-state index contributed by atoms with van der Waals surface area (Å²) in [5.41, 5.74) is 6.29. The highest BCUT2D eigenvalue weighted by Gasteiger charge is 2.24. The van der Waals surface area contributed by atoms with E-state index in [1.54, 1.807) is 18.2 Å². The fourth-order valence-corrected chi connectivity index (χ4v) is 2.27. The summed E-state index contributed by atoms with van der Waals surface area (Å²) in [5, 5.41) is 0. The summed E-state index contributed by atoms with van der Waals surface area (Å²) in [6.45, 7) is 8.98. The number of nitrogens with zero attached hydrogens (tertiary/aromatic N) is 1. The molecular formula is C16H24N2O3. The second-order valence-electron chi connectivity index (χ2n) is 6.05. The Hall–Kier alpha value is -1.75. The lowest BCUT2D eigenvalue weighted by Gasteiger charge is -2.31. The minimum absolute atomic E-state index is 0.00371. The first-order chi connectivity index (χ1) is 9.96. The number of fused-ring (bicyclic) bond motifs is 1. The molecular weight excluding hydrogens is 268 g/mol. The Morgan fingerprint density at radius 1 is 1.29 bits per heavy atom. The highest BCUT2D eigenvalue weighted by molar-refractivity contribution is 5.95. The largest absolute Gasteiger partial charge is 0.486 e. The maximum atomic E-state index is 12.6. The van der Waals surface area contributed by atoms with E-state index < -0.39 is 0 Å². The van der Waals surface area contributed by atoms with E-state index in [0.29, 0.717) is 49.9 Å². The van der Waals surface area contributed by atoms with Gasteiger partial charge in [0, 0.05) is 18.7 Å². The van der Waals surface area contributed by atoms with E-state index in [1.165, 1.54) is 0 Å². The molecule has 1 aromatic rings. The molecule has 0 spiro atoms. The van der Waals surface area contributed by atoms with Crippen molar-refractivity contribution >= 4 is 5.91 Å². The van der Waals surface area contributed by atoms with E-state index in [4.69, 9.17) is 15.2 Å². The van der Waals surface area contributed by atoms with Crippen LogP contribution in [0.25, 0.3) is 0 Å². The zero-order chi connectivity index (χ0) is 15.5. The topological polar surface area (TPSA) is 64.8 Å². The van der Waals surface area contributed by atoms with E-state index in [2.05, 4.69) is 13.8 Å². The summed E-state index contributed by atoms with van der Waals surface area (Å²) in [5.74, 6) is 1.33. The molecule has 1 aliphatic rings. The van der Waals surface area contributed by atoms with Gasteiger partial charge in [0.25, 0.3) is 5.91 Å². The van der Waals surface area contributed by atoms with Crippen molar-refractivity contribution in [3.63, 3.8) is 0 Å². The molecule has 21 heavy (non-hydrogen) atoms. The summed E-state index contributed by atoms with van der Waals surface area (Å²) in [4.78, 5) is 14.5. The van der Waals surface area contributed by atoms with Crippen molar-refractivity contribution in [2.45, 2.75) is 20.8 Å². The number of carbonyl (C=O) groups is 1. The van der Waals surface area contributed by atoms with Crippen LogP contribution < -0.4 is 15.2 Å². The predicted octanol–water partition coefficient (Wildman–Crippen LogP) is 1.90. The third-order valence-electron chi connectivity index (χ3n) is 3.63. The Labute approximate surface area is 126 Å². The Bertz CT molecular complexity index is 514. The second-order valence-corrected chi connectivity index (χ2v) is 6.05. The molecule has 1 heterocycles. The lowest BCUT2D eigenvalue weighted by Crippen LogP contribution is -2.42. The molecule has 1 aliphatic heterocycles. The Morgan fingerprint density at radius 3 is 2.57 bits per heavy atom. The monoisotopic (exact) mass is 292 g/mol. The Kier molecular flexibility index (Phi) is 4.73. The first kappa shape index (κ1) is 15.6. The van der Waals surface area contributed by atoms with Gasteiger partial charge in [-0.05, 0) is 37.1 Å². The maximum absolute atomic E-state index is 12.6. The van der Waals surface area contributed by atoms with Gasteiger partial charge < -0.3 is 20.1 Å². The van der Waals surface area contributed by atoms with E-state index in [-0.39, 0.29) is 11.3 Å². The van der Waals surface area contributed by atoms with Crippen molar-refractivity contribution < 1.29 is 14.3 Å². The van der Waals surface area contributed by atoms with Crippen molar-refractivity contribution in [1.82, 2.24) is 4.90 Å². The summed E-state index contributed by atoms with van der Waals surface area (Å²) in [6, 6.07) is 5.34. The molecule has 0 unspecified atom stereocenters. The highest BCUT2D eigenvalue weighted by atomic mass is 16.6. The molecule has 0 aromatic heterocycles. The first-order valence-electron chi connectivity index (χ1n) is 7.36. The van der Waals surface area contributed by atoms with Gasteiger partial charge >= 0.3 is 0 Å². The first-order valence-corrected chi connectivity index (χ1v) is 7.36. The molecule has 2 N–H and O–H groups in total. The highest BCUT2D eigenvalue weighted by Crippen LogP contribution is 2.31. The normalized spacial score (nSPS) is 13.9. The molecule has 5 nitrogen and oxygen atoms in total. The van der Waals surface area contributed by atoms with Crippen LogP contribution in [-0.4, -0.2) is 43.7 Å². The number of amides is 1. The summed E-state index contributed by atoms with van der Waals surface area (Å²) in [6.07, 6.45) is 0. The molecule has 0 aliphatic carbocycles. The molecule has 5 heteroatoms. The van der Waals surface area contributed by atoms with Crippen LogP contribution in [0.3, 0.4) is 0 Å². The zero-order valence-corrected chi connectivity index (χ0v) is 13.0. The molecule has 0 radical (unpaired) electrons. The molecule has 2 rings (SSSR count). The second kappa shape index (κ2) is 6.35. The minimum atomic E-state index is -0.0977. The zero-order valence-electron chi connectivity index (χ0n) is 13.0. The Balaban J connectivity index is 2.17. The van der Waals surface area contributed by atoms with E-state index in [9.17, 15) is 4.79 Å². The van der Waals surface area contributed by atoms with Crippen LogP contribution >= 0.6 is 0 Å². The summed E-state index contributed by atoms with van der Waals surface area (Å²) < 4.78 is 11.0. The number of rotatable bonds is 5. The quantitative estimate of drug-likeness (QED) is 0.900. The van der Waals surface area contributed by atoms with Crippen molar-refractivity contribution in [1.29, 1.82) is 0 Å². The number of hydrogen-bond donors (Lipinski definition) is 1. The van der Waals surface area contributed by atoms with Gasteiger partial charge in [0.05, 0.1) is 0 Å². The molecule has 0 atom stereocenters. The molecule has 1 aromatic carbocycles. The van der Waals surface area contributed by atoms with Crippen molar-refractivity contribution in [3.05, 3.63) is 23.8 Å². The van der Waals surface area contributed by atoms with Crippen LogP contribution in [0.5, 0.6) is 11.5 Å². The van der Waals surface area contributed by atoms with Gasteiger partial charge in [-0.25, -0.2) is 0 Å². The standard InChI is InChI=1S/C16H24N2O3/c1-4-18(11-16(2,3)10-17)15(19)12-5-6-13-14(9-12)21-8-7-20-13/h5-6,9H,4,7-8,10-11,17H2,1-3H3. The lowest BCUT2D eigenvalue weighted by molar-refractivity contribution is 0.0699. The van der Waals surface area contributed by atoms with Crippen molar-refractivity contribution in [2.24, 2.45) is 11.1 Å². The van der Waals surface area contributed by atoms with Gasteiger partial charge in [0.15, 0.2) is 11.5 Å². The molecule has 0 saturated heterocycles. The average Bonchev–Trinajstić information content (AvgIpc) is 2.51. The predicted molar refractivity (Wildman–Crippen MR) is 81.8 cm³/mol.